The Hall–Kier alpha value is -3.29. The van der Waals surface area contributed by atoms with Gasteiger partial charge in [-0.25, -0.2) is 4.79 Å². The van der Waals surface area contributed by atoms with Crippen molar-refractivity contribution >= 4 is 12.1 Å². The van der Waals surface area contributed by atoms with Crippen molar-refractivity contribution in [2.75, 3.05) is 13.2 Å². The Labute approximate surface area is 176 Å². The number of hydrogen-bond donors (Lipinski definition) is 2. The van der Waals surface area contributed by atoms with Crippen molar-refractivity contribution in [1.29, 1.82) is 0 Å². The summed E-state index contributed by atoms with van der Waals surface area (Å²) in [7, 11) is 0. The van der Waals surface area contributed by atoms with Crippen LogP contribution >= 0.6 is 0 Å². The number of alkyl carbamates (subject to hydrolysis) is 1. The van der Waals surface area contributed by atoms with Crippen LogP contribution in [0.4, 0.5) is 4.79 Å². The molecular formula is C22H28N2O6. The third-order valence-electron chi connectivity index (χ3n) is 3.93. The van der Waals surface area contributed by atoms with Crippen LogP contribution < -0.4 is 14.8 Å². The van der Waals surface area contributed by atoms with E-state index in [1.807, 2.05) is 30.3 Å². The number of carboxylic acid groups (broad SMARTS) is 1. The largest absolute Gasteiger partial charge is 0.488 e. The van der Waals surface area contributed by atoms with E-state index in [1.54, 1.807) is 33.8 Å². The highest BCUT2D eigenvalue weighted by molar-refractivity contribution is 5.75. The molecule has 0 aliphatic rings. The number of rotatable bonds is 9. The van der Waals surface area contributed by atoms with Crippen molar-refractivity contribution in [3.8, 4) is 11.5 Å². The van der Waals surface area contributed by atoms with E-state index >= 15 is 0 Å². The molecule has 0 bridgehead atoms. The molecule has 1 atom stereocenters. The molecule has 0 aliphatic carbocycles. The lowest BCUT2D eigenvalue weighted by molar-refractivity contribution is -0.138. The lowest BCUT2D eigenvalue weighted by Gasteiger charge is -2.20. The number of carbonyl (C=O) groups is 2. The number of pyridine rings is 1. The smallest absolute Gasteiger partial charge is 0.407 e. The number of carbonyl (C=O) groups excluding carboxylic acids is 1. The summed E-state index contributed by atoms with van der Waals surface area (Å²) in [6.07, 6.45) is 0.913. The summed E-state index contributed by atoms with van der Waals surface area (Å²) in [6.45, 7) is 7.54. The van der Waals surface area contributed by atoms with Crippen LogP contribution in [0.5, 0.6) is 11.5 Å². The third kappa shape index (κ3) is 7.62. The number of aromatic nitrogens is 1. The van der Waals surface area contributed by atoms with Gasteiger partial charge in [0, 0.05) is 6.07 Å². The molecule has 0 fully saturated rings. The molecule has 30 heavy (non-hydrogen) atoms. The Morgan fingerprint density at radius 1 is 1.13 bits per heavy atom. The highest BCUT2D eigenvalue weighted by atomic mass is 16.6. The molecule has 2 N–H and O–H groups in total. The van der Waals surface area contributed by atoms with Gasteiger partial charge in [-0.05, 0) is 33.3 Å². The molecule has 0 saturated heterocycles. The number of ether oxygens (including phenoxy) is 3. The van der Waals surface area contributed by atoms with E-state index in [0.717, 1.165) is 5.56 Å². The summed E-state index contributed by atoms with van der Waals surface area (Å²) in [6, 6.07) is 11.1. The third-order valence-corrected chi connectivity index (χ3v) is 3.93. The second kappa shape index (κ2) is 10.5. The van der Waals surface area contributed by atoms with Gasteiger partial charge in [0.15, 0.2) is 11.5 Å². The van der Waals surface area contributed by atoms with Crippen LogP contribution in [0, 0.1) is 0 Å². The highest BCUT2D eigenvalue weighted by Crippen LogP contribution is 2.30. The molecule has 1 unspecified atom stereocenters. The van der Waals surface area contributed by atoms with Crippen LogP contribution in [0.1, 0.15) is 44.9 Å². The molecule has 1 aromatic heterocycles. The maximum atomic E-state index is 11.7. The Bertz CT molecular complexity index is 848. The maximum absolute atomic E-state index is 11.7. The van der Waals surface area contributed by atoms with Gasteiger partial charge in [-0.15, -0.1) is 0 Å². The quantitative estimate of drug-likeness (QED) is 0.600. The summed E-state index contributed by atoms with van der Waals surface area (Å²) in [5.74, 6) is -1.04. The Morgan fingerprint density at radius 2 is 1.83 bits per heavy atom. The summed E-state index contributed by atoms with van der Waals surface area (Å²) < 4.78 is 16.7. The van der Waals surface area contributed by atoms with E-state index in [4.69, 9.17) is 14.2 Å². The zero-order valence-electron chi connectivity index (χ0n) is 17.7. The summed E-state index contributed by atoms with van der Waals surface area (Å²) >= 11 is 0. The Balaban J connectivity index is 2.04. The van der Waals surface area contributed by atoms with Crippen LogP contribution in [0.2, 0.25) is 0 Å². The maximum Gasteiger partial charge on any atom is 0.407 e. The SMILES string of the molecule is CC(C(=O)O)c1cc(OCCNC(=O)OC(C)(C)C)c(OCc2ccccc2)cn1. The average molecular weight is 416 g/mol. The number of nitrogens with zero attached hydrogens (tertiary/aromatic N) is 1. The second-order valence-corrected chi connectivity index (χ2v) is 7.67. The topological polar surface area (TPSA) is 107 Å². The summed E-state index contributed by atoms with van der Waals surface area (Å²) in [4.78, 5) is 27.2. The number of nitrogens with one attached hydrogen (secondary N) is 1. The van der Waals surface area contributed by atoms with E-state index in [2.05, 4.69) is 10.3 Å². The van der Waals surface area contributed by atoms with E-state index in [1.165, 1.54) is 6.20 Å². The second-order valence-electron chi connectivity index (χ2n) is 7.67. The van der Waals surface area contributed by atoms with Crippen LogP contribution in [-0.2, 0) is 16.1 Å². The molecule has 0 spiro atoms. The first-order valence-corrected chi connectivity index (χ1v) is 9.65. The van der Waals surface area contributed by atoms with E-state index in [0.29, 0.717) is 23.8 Å². The normalized spacial score (nSPS) is 12.0. The molecule has 8 heteroatoms. The van der Waals surface area contributed by atoms with Gasteiger partial charge >= 0.3 is 12.1 Å². The average Bonchev–Trinajstić information content (AvgIpc) is 2.69. The Morgan fingerprint density at radius 3 is 2.47 bits per heavy atom. The molecule has 2 rings (SSSR count). The lowest BCUT2D eigenvalue weighted by atomic mass is 10.1. The fraction of sp³-hybridized carbons (Fsp3) is 0.409. The van der Waals surface area contributed by atoms with Crippen molar-refractivity contribution in [3.63, 3.8) is 0 Å². The summed E-state index contributed by atoms with van der Waals surface area (Å²) in [5, 5.41) is 11.8. The molecule has 1 amide bonds. The van der Waals surface area contributed by atoms with Gasteiger partial charge in [0.05, 0.1) is 24.4 Å². The van der Waals surface area contributed by atoms with Gasteiger partial charge in [-0.1, -0.05) is 30.3 Å². The van der Waals surface area contributed by atoms with E-state index < -0.39 is 23.6 Å². The summed E-state index contributed by atoms with van der Waals surface area (Å²) in [5.41, 5.74) is 0.735. The van der Waals surface area contributed by atoms with Crippen molar-refractivity contribution in [2.45, 2.75) is 45.8 Å². The van der Waals surface area contributed by atoms with Crippen LogP contribution in [0.3, 0.4) is 0 Å². The molecule has 8 nitrogen and oxygen atoms in total. The van der Waals surface area contributed by atoms with Gasteiger partial charge < -0.3 is 24.6 Å². The van der Waals surface area contributed by atoms with Crippen LogP contribution in [0.15, 0.2) is 42.6 Å². The van der Waals surface area contributed by atoms with Crippen molar-refractivity contribution in [3.05, 3.63) is 53.9 Å². The number of amides is 1. The first-order valence-electron chi connectivity index (χ1n) is 9.65. The zero-order valence-corrected chi connectivity index (χ0v) is 17.7. The molecule has 162 valence electrons. The first kappa shape index (κ1) is 23.0. The molecule has 2 aromatic rings. The first-order chi connectivity index (χ1) is 14.2. The zero-order chi connectivity index (χ0) is 22.1. The Kier molecular flexibility index (Phi) is 8.03. The number of carboxylic acids is 1. The number of benzene rings is 1. The van der Waals surface area contributed by atoms with Gasteiger partial charge in [0.1, 0.15) is 18.8 Å². The van der Waals surface area contributed by atoms with Crippen molar-refractivity contribution in [1.82, 2.24) is 10.3 Å². The minimum atomic E-state index is -0.988. The van der Waals surface area contributed by atoms with Crippen LogP contribution in [-0.4, -0.2) is 40.9 Å². The minimum absolute atomic E-state index is 0.145. The molecule has 1 aromatic carbocycles. The fourth-order valence-electron chi connectivity index (χ4n) is 2.39. The molecule has 0 radical (unpaired) electrons. The van der Waals surface area contributed by atoms with Gasteiger partial charge in [-0.2, -0.15) is 0 Å². The highest BCUT2D eigenvalue weighted by Gasteiger charge is 2.19. The van der Waals surface area contributed by atoms with Gasteiger partial charge in [0.2, 0.25) is 0 Å². The fourth-order valence-corrected chi connectivity index (χ4v) is 2.39. The predicted molar refractivity (Wildman–Crippen MR) is 111 cm³/mol. The lowest BCUT2D eigenvalue weighted by Crippen LogP contribution is -2.34. The van der Waals surface area contributed by atoms with Crippen LogP contribution in [0.25, 0.3) is 0 Å². The molecule has 0 aliphatic heterocycles. The van der Waals surface area contributed by atoms with Gasteiger partial charge in [-0.3, -0.25) is 9.78 Å². The molecule has 1 heterocycles. The predicted octanol–water partition coefficient (Wildman–Crippen LogP) is 3.75. The standard InChI is InChI=1S/C22H28N2O6/c1-15(20(25)26)17-12-18(28-11-10-23-21(27)30-22(2,3)4)19(13-24-17)29-14-16-8-6-5-7-9-16/h5-9,12-13,15H,10-11,14H2,1-4H3,(H,23,27)(H,25,26). The van der Waals surface area contributed by atoms with Crippen molar-refractivity contribution in [2.24, 2.45) is 0 Å². The number of hydrogen-bond acceptors (Lipinski definition) is 6. The number of aliphatic carboxylic acids is 1. The minimum Gasteiger partial charge on any atom is -0.488 e. The molecular weight excluding hydrogens is 388 g/mol. The van der Waals surface area contributed by atoms with E-state index in [9.17, 15) is 14.7 Å². The van der Waals surface area contributed by atoms with Crippen molar-refractivity contribution < 1.29 is 28.9 Å². The monoisotopic (exact) mass is 416 g/mol. The molecule has 0 saturated carbocycles. The van der Waals surface area contributed by atoms with Gasteiger partial charge in [0.25, 0.3) is 0 Å². The van der Waals surface area contributed by atoms with E-state index in [-0.39, 0.29) is 13.2 Å².